The normalized spacial score (nSPS) is 17.7. The van der Waals surface area contributed by atoms with Crippen LogP contribution >= 0.6 is 15.9 Å². The molecule has 0 bridgehead atoms. The van der Waals surface area contributed by atoms with Gasteiger partial charge in [-0.05, 0) is 53.9 Å². The van der Waals surface area contributed by atoms with Gasteiger partial charge in [-0.3, -0.25) is 4.79 Å². The zero-order chi connectivity index (χ0) is 15.8. The molecule has 1 aliphatic rings. The molecule has 1 atom stereocenters. The fraction of sp³-hybridized carbons (Fsp3) is 0.588. The predicted molar refractivity (Wildman–Crippen MR) is 95.0 cm³/mol. The summed E-state index contributed by atoms with van der Waals surface area (Å²) in [6, 6.07) is 8.51. The van der Waals surface area contributed by atoms with E-state index < -0.39 is 0 Å². The summed E-state index contributed by atoms with van der Waals surface area (Å²) in [4.78, 5) is 14.3. The second-order valence-corrected chi connectivity index (χ2v) is 6.76. The van der Waals surface area contributed by atoms with Crippen LogP contribution in [-0.4, -0.2) is 31.6 Å². The fourth-order valence-electron chi connectivity index (χ4n) is 2.89. The van der Waals surface area contributed by atoms with Crippen molar-refractivity contribution < 1.29 is 4.79 Å². The second kappa shape index (κ2) is 9.16. The number of amides is 1. The zero-order valence-corrected chi connectivity index (χ0v) is 14.6. The van der Waals surface area contributed by atoms with E-state index in [0.29, 0.717) is 6.42 Å². The number of hydrogen-bond acceptors (Lipinski definition) is 3. The first kappa shape index (κ1) is 17.3. The minimum atomic E-state index is 0.187. The Morgan fingerprint density at radius 3 is 2.82 bits per heavy atom. The van der Waals surface area contributed by atoms with Crippen molar-refractivity contribution >= 4 is 27.5 Å². The lowest BCUT2D eigenvalue weighted by Crippen LogP contribution is -2.37. The number of nitrogens with two attached hydrogens (primary N) is 1. The Morgan fingerprint density at radius 1 is 1.27 bits per heavy atom. The van der Waals surface area contributed by atoms with Crippen molar-refractivity contribution in [3.8, 4) is 0 Å². The number of nitrogens with one attached hydrogen (secondary N) is 1. The van der Waals surface area contributed by atoms with Crippen molar-refractivity contribution in [1.82, 2.24) is 5.32 Å². The minimum absolute atomic E-state index is 0.187. The SMILES string of the molecule is NCCCCCCC(=O)NC1CCN(c2ccccc2Br)C1. The van der Waals surface area contributed by atoms with Gasteiger partial charge >= 0.3 is 0 Å². The number of rotatable bonds is 8. The maximum atomic E-state index is 12.0. The molecular weight excluding hydrogens is 342 g/mol. The summed E-state index contributed by atoms with van der Waals surface area (Å²) in [7, 11) is 0. The summed E-state index contributed by atoms with van der Waals surface area (Å²) < 4.78 is 1.11. The molecular formula is C17H26BrN3O. The summed E-state index contributed by atoms with van der Waals surface area (Å²) in [5.41, 5.74) is 6.67. The Morgan fingerprint density at radius 2 is 2.05 bits per heavy atom. The highest BCUT2D eigenvalue weighted by Gasteiger charge is 2.24. The van der Waals surface area contributed by atoms with E-state index in [0.717, 1.165) is 56.2 Å². The number of hydrogen-bond donors (Lipinski definition) is 2. The molecule has 1 unspecified atom stereocenters. The first-order valence-corrected chi connectivity index (χ1v) is 8.99. The van der Waals surface area contributed by atoms with E-state index in [2.05, 4.69) is 38.3 Å². The molecule has 0 aromatic heterocycles. The molecule has 122 valence electrons. The average Bonchev–Trinajstić information content (AvgIpc) is 2.95. The van der Waals surface area contributed by atoms with Crippen LogP contribution in [0.5, 0.6) is 0 Å². The lowest BCUT2D eigenvalue weighted by Gasteiger charge is -2.20. The standard InChI is InChI=1S/C17H26BrN3O/c18-15-7-4-5-8-16(15)21-12-10-14(13-21)20-17(22)9-3-1-2-6-11-19/h4-5,7-8,14H,1-3,6,9-13,19H2,(H,20,22). The lowest BCUT2D eigenvalue weighted by atomic mass is 10.1. The fourth-order valence-corrected chi connectivity index (χ4v) is 3.42. The Labute approximate surface area is 141 Å². The molecule has 3 N–H and O–H groups in total. The molecule has 1 fully saturated rings. The van der Waals surface area contributed by atoms with Gasteiger partial charge in [-0.2, -0.15) is 0 Å². The van der Waals surface area contributed by atoms with Gasteiger partial charge in [-0.25, -0.2) is 0 Å². The average molecular weight is 368 g/mol. The van der Waals surface area contributed by atoms with Crippen LogP contribution in [0.1, 0.15) is 38.5 Å². The molecule has 0 radical (unpaired) electrons. The topological polar surface area (TPSA) is 58.4 Å². The van der Waals surface area contributed by atoms with E-state index in [1.54, 1.807) is 0 Å². The lowest BCUT2D eigenvalue weighted by molar-refractivity contribution is -0.121. The highest BCUT2D eigenvalue weighted by Crippen LogP contribution is 2.28. The summed E-state index contributed by atoms with van der Waals surface area (Å²) in [6.07, 6.45) is 5.90. The molecule has 1 saturated heterocycles. The number of unbranched alkanes of at least 4 members (excludes halogenated alkanes) is 3. The monoisotopic (exact) mass is 367 g/mol. The van der Waals surface area contributed by atoms with Crippen molar-refractivity contribution in [3.63, 3.8) is 0 Å². The summed E-state index contributed by atoms with van der Waals surface area (Å²) in [5, 5.41) is 3.17. The molecule has 1 amide bonds. The number of carbonyl (C=O) groups is 1. The molecule has 4 nitrogen and oxygen atoms in total. The smallest absolute Gasteiger partial charge is 0.220 e. The van der Waals surface area contributed by atoms with Crippen LogP contribution in [0.15, 0.2) is 28.7 Å². The predicted octanol–water partition coefficient (Wildman–Crippen LogP) is 3.05. The molecule has 1 aliphatic heterocycles. The van der Waals surface area contributed by atoms with Gasteiger partial charge in [-0.1, -0.05) is 25.0 Å². The summed E-state index contributed by atoms with van der Waals surface area (Å²) >= 11 is 3.59. The quantitative estimate of drug-likeness (QED) is 0.694. The van der Waals surface area contributed by atoms with Gasteiger partial charge in [0.2, 0.25) is 5.91 Å². The number of carbonyl (C=O) groups excluding carboxylic acids is 1. The zero-order valence-electron chi connectivity index (χ0n) is 13.1. The molecule has 0 aliphatic carbocycles. The van der Waals surface area contributed by atoms with Gasteiger partial charge in [0.1, 0.15) is 0 Å². The van der Waals surface area contributed by atoms with Crippen LogP contribution in [0.25, 0.3) is 0 Å². The van der Waals surface area contributed by atoms with Crippen molar-refractivity contribution in [2.45, 2.75) is 44.6 Å². The van der Waals surface area contributed by atoms with E-state index in [9.17, 15) is 4.79 Å². The summed E-state index contributed by atoms with van der Waals surface area (Å²) in [5.74, 6) is 0.187. The highest BCUT2D eigenvalue weighted by molar-refractivity contribution is 9.10. The van der Waals surface area contributed by atoms with Gasteiger partial charge in [0.25, 0.3) is 0 Å². The molecule has 5 heteroatoms. The van der Waals surface area contributed by atoms with E-state index in [1.165, 1.54) is 5.69 Å². The first-order valence-electron chi connectivity index (χ1n) is 8.19. The Bertz CT molecular complexity index is 481. The molecule has 1 heterocycles. The van der Waals surface area contributed by atoms with Gasteiger partial charge in [0.15, 0.2) is 0 Å². The molecule has 22 heavy (non-hydrogen) atoms. The van der Waals surface area contributed by atoms with Gasteiger partial charge < -0.3 is 16.0 Å². The number of nitrogens with zero attached hydrogens (tertiary/aromatic N) is 1. The van der Waals surface area contributed by atoms with E-state index >= 15 is 0 Å². The minimum Gasteiger partial charge on any atom is -0.368 e. The largest absolute Gasteiger partial charge is 0.368 e. The van der Waals surface area contributed by atoms with E-state index in [1.807, 2.05) is 12.1 Å². The third-order valence-corrected chi connectivity index (χ3v) is 4.78. The third kappa shape index (κ3) is 5.29. The van der Waals surface area contributed by atoms with Crippen molar-refractivity contribution in [2.24, 2.45) is 5.73 Å². The molecule has 2 rings (SSSR count). The van der Waals surface area contributed by atoms with Crippen LogP contribution in [-0.2, 0) is 4.79 Å². The van der Waals surface area contributed by atoms with Crippen LogP contribution in [0.3, 0.4) is 0 Å². The van der Waals surface area contributed by atoms with Crippen LogP contribution < -0.4 is 16.0 Å². The van der Waals surface area contributed by atoms with Gasteiger partial charge in [-0.15, -0.1) is 0 Å². The van der Waals surface area contributed by atoms with Crippen molar-refractivity contribution in [1.29, 1.82) is 0 Å². The number of para-hydroxylation sites is 1. The number of halogens is 1. The Hall–Kier alpha value is -1.07. The van der Waals surface area contributed by atoms with Crippen molar-refractivity contribution in [3.05, 3.63) is 28.7 Å². The van der Waals surface area contributed by atoms with Crippen molar-refractivity contribution in [2.75, 3.05) is 24.5 Å². The second-order valence-electron chi connectivity index (χ2n) is 5.90. The maximum absolute atomic E-state index is 12.0. The van der Waals surface area contributed by atoms with E-state index in [4.69, 9.17) is 5.73 Å². The molecule has 0 spiro atoms. The molecule has 1 aromatic carbocycles. The van der Waals surface area contributed by atoms with Crippen LogP contribution in [0, 0.1) is 0 Å². The first-order chi connectivity index (χ1) is 10.7. The highest BCUT2D eigenvalue weighted by atomic mass is 79.9. The van der Waals surface area contributed by atoms with E-state index in [-0.39, 0.29) is 11.9 Å². The number of anilines is 1. The number of benzene rings is 1. The maximum Gasteiger partial charge on any atom is 0.220 e. The molecule has 1 aromatic rings. The molecule has 0 saturated carbocycles. The van der Waals surface area contributed by atoms with Gasteiger partial charge in [0, 0.05) is 30.0 Å². The Kier molecular flexibility index (Phi) is 7.19. The van der Waals surface area contributed by atoms with Crippen LogP contribution in [0.4, 0.5) is 5.69 Å². The third-order valence-electron chi connectivity index (χ3n) is 4.10. The van der Waals surface area contributed by atoms with Crippen LogP contribution in [0.2, 0.25) is 0 Å². The van der Waals surface area contributed by atoms with Gasteiger partial charge in [0.05, 0.1) is 5.69 Å². The Balaban J connectivity index is 1.70. The summed E-state index contributed by atoms with van der Waals surface area (Å²) in [6.45, 7) is 2.63.